The van der Waals surface area contributed by atoms with E-state index in [1.54, 1.807) is 12.1 Å². The smallest absolute Gasteiger partial charge is 0.344 e. The van der Waals surface area contributed by atoms with Crippen molar-refractivity contribution < 1.29 is 23.9 Å². The molecule has 3 amide bonds. The normalized spacial score (nSPS) is 14.4. The SMILES string of the molecule is C[C@H](OC(=O)COc1ccc(Nc2ccccc2)cc1)C(=O)NC(=O)NC1CCCC1. The van der Waals surface area contributed by atoms with Gasteiger partial charge < -0.3 is 20.1 Å². The monoisotopic (exact) mass is 425 g/mol. The maximum absolute atomic E-state index is 12.0. The highest BCUT2D eigenvalue weighted by atomic mass is 16.6. The first kappa shape index (κ1) is 22.1. The number of urea groups is 1. The molecule has 1 saturated carbocycles. The van der Waals surface area contributed by atoms with Gasteiger partial charge in [-0.05, 0) is 56.2 Å². The van der Waals surface area contributed by atoms with Crippen LogP contribution < -0.4 is 20.7 Å². The second-order valence-electron chi connectivity index (χ2n) is 7.38. The average Bonchev–Trinajstić information content (AvgIpc) is 3.26. The van der Waals surface area contributed by atoms with Crippen LogP contribution in [0, 0.1) is 0 Å². The molecule has 1 atom stereocenters. The highest BCUT2D eigenvalue weighted by molar-refractivity contribution is 5.97. The first-order chi connectivity index (χ1) is 15.0. The molecule has 0 saturated heterocycles. The second-order valence-corrected chi connectivity index (χ2v) is 7.38. The van der Waals surface area contributed by atoms with E-state index >= 15 is 0 Å². The number of imide groups is 1. The zero-order chi connectivity index (χ0) is 22.1. The van der Waals surface area contributed by atoms with Crippen LogP contribution in [0.3, 0.4) is 0 Å². The van der Waals surface area contributed by atoms with E-state index in [1.807, 2.05) is 42.5 Å². The fourth-order valence-corrected chi connectivity index (χ4v) is 3.25. The van der Waals surface area contributed by atoms with E-state index in [1.165, 1.54) is 6.92 Å². The van der Waals surface area contributed by atoms with Crippen molar-refractivity contribution in [2.45, 2.75) is 44.8 Å². The van der Waals surface area contributed by atoms with Crippen LogP contribution in [0.25, 0.3) is 0 Å². The number of benzene rings is 2. The van der Waals surface area contributed by atoms with Crippen molar-refractivity contribution in [2.75, 3.05) is 11.9 Å². The summed E-state index contributed by atoms with van der Waals surface area (Å²) in [5, 5.41) is 8.19. The molecule has 0 heterocycles. The number of hydrogen-bond acceptors (Lipinski definition) is 6. The molecule has 2 aromatic rings. The Hall–Kier alpha value is -3.55. The molecule has 0 aliphatic heterocycles. The lowest BCUT2D eigenvalue weighted by molar-refractivity contribution is -0.156. The Morgan fingerprint density at radius 2 is 1.61 bits per heavy atom. The standard InChI is InChI=1S/C23H27N3O5/c1-16(22(28)26-23(29)25-18-9-5-6-10-18)31-21(27)15-30-20-13-11-19(12-14-20)24-17-7-3-2-4-8-17/h2-4,7-8,11-14,16,18,24H,5-6,9-10,15H2,1H3,(H2,25,26,28,29)/t16-/m0/s1. The minimum Gasteiger partial charge on any atom is -0.482 e. The Balaban J connectivity index is 1.37. The average molecular weight is 425 g/mol. The fourth-order valence-electron chi connectivity index (χ4n) is 3.25. The van der Waals surface area contributed by atoms with E-state index < -0.39 is 24.0 Å². The molecule has 8 heteroatoms. The van der Waals surface area contributed by atoms with Gasteiger partial charge in [-0.3, -0.25) is 10.1 Å². The molecule has 0 bridgehead atoms. The lowest BCUT2D eigenvalue weighted by atomic mass is 10.2. The Bertz CT molecular complexity index is 880. The topological polar surface area (TPSA) is 106 Å². The number of hydrogen-bond donors (Lipinski definition) is 3. The number of ether oxygens (including phenoxy) is 2. The molecular weight excluding hydrogens is 398 g/mol. The maximum Gasteiger partial charge on any atom is 0.344 e. The summed E-state index contributed by atoms with van der Waals surface area (Å²) >= 11 is 0. The van der Waals surface area contributed by atoms with E-state index in [9.17, 15) is 14.4 Å². The van der Waals surface area contributed by atoms with Gasteiger partial charge in [0.25, 0.3) is 5.91 Å². The molecular formula is C23H27N3O5. The number of anilines is 2. The number of nitrogens with one attached hydrogen (secondary N) is 3. The number of carbonyl (C=O) groups excluding carboxylic acids is 3. The van der Waals surface area contributed by atoms with Crippen molar-refractivity contribution in [3.8, 4) is 5.75 Å². The van der Waals surface area contributed by atoms with E-state index in [4.69, 9.17) is 9.47 Å². The van der Waals surface area contributed by atoms with Crippen molar-refractivity contribution in [1.82, 2.24) is 10.6 Å². The highest BCUT2D eigenvalue weighted by Crippen LogP contribution is 2.20. The summed E-state index contributed by atoms with van der Waals surface area (Å²) in [6, 6.07) is 16.4. The third kappa shape index (κ3) is 7.33. The molecule has 3 N–H and O–H groups in total. The van der Waals surface area contributed by atoms with Gasteiger partial charge in [-0.25, -0.2) is 9.59 Å². The first-order valence-electron chi connectivity index (χ1n) is 10.4. The largest absolute Gasteiger partial charge is 0.482 e. The Kier molecular flexibility index (Phi) is 7.86. The van der Waals surface area contributed by atoms with Crippen LogP contribution in [-0.2, 0) is 14.3 Å². The van der Waals surface area contributed by atoms with Gasteiger partial charge in [0.05, 0.1) is 0 Å². The molecule has 0 unspecified atom stereocenters. The number of para-hydroxylation sites is 1. The summed E-state index contributed by atoms with van der Waals surface area (Å²) in [5.41, 5.74) is 1.84. The Morgan fingerprint density at radius 1 is 0.968 bits per heavy atom. The molecule has 3 rings (SSSR count). The summed E-state index contributed by atoms with van der Waals surface area (Å²) in [6.45, 7) is 1.05. The van der Waals surface area contributed by atoms with Gasteiger partial charge in [-0.15, -0.1) is 0 Å². The van der Waals surface area contributed by atoms with Crippen molar-refractivity contribution in [3.05, 3.63) is 54.6 Å². The summed E-state index contributed by atoms with van der Waals surface area (Å²) in [4.78, 5) is 35.8. The summed E-state index contributed by atoms with van der Waals surface area (Å²) < 4.78 is 10.4. The number of carbonyl (C=O) groups is 3. The number of rotatable bonds is 8. The Labute approximate surface area is 181 Å². The van der Waals surface area contributed by atoms with Crippen LogP contribution >= 0.6 is 0 Å². The predicted octanol–water partition coefficient (Wildman–Crippen LogP) is 3.51. The van der Waals surface area contributed by atoms with E-state index in [0.717, 1.165) is 37.1 Å². The molecule has 1 fully saturated rings. The minimum atomic E-state index is -1.11. The van der Waals surface area contributed by atoms with Gasteiger partial charge in [0.15, 0.2) is 12.7 Å². The number of amides is 3. The van der Waals surface area contributed by atoms with Gasteiger partial charge in [-0.2, -0.15) is 0 Å². The summed E-state index contributed by atoms with van der Waals surface area (Å²) in [5.74, 6) is -0.894. The second kappa shape index (κ2) is 11.0. The van der Waals surface area contributed by atoms with Gasteiger partial charge in [0, 0.05) is 17.4 Å². The van der Waals surface area contributed by atoms with Crippen LogP contribution in [0.1, 0.15) is 32.6 Å². The molecule has 31 heavy (non-hydrogen) atoms. The van der Waals surface area contributed by atoms with E-state index in [2.05, 4.69) is 16.0 Å². The Morgan fingerprint density at radius 3 is 2.29 bits per heavy atom. The minimum absolute atomic E-state index is 0.0911. The highest BCUT2D eigenvalue weighted by Gasteiger charge is 2.22. The quantitative estimate of drug-likeness (QED) is 0.559. The third-order valence-electron chi connectivity index (χ3n) is 4.88. The van der Waals surface area contributed by atoms with Crippen molar-refractivity contribution in [2.24, 2.45) is 0 Å². The fraction of sp³-hybridized carbons (Fsp3) is 0.348. The van der Waals surface area contributed by atoms with Gasteiger partial charge in [0.2, 0.25) is 0 Å². The molecule has 0 aromatic heterocycles. The lowest BCUT2D eigenvalue weighted by Crippen LogP contribution is -2.47. The van der Waals surface area contributed by atoms with Crippen LogP contribution in [0.5, 0.6) is 5.75 Å². The van der Waals surface area contributed by atoms with Crippen LogP contribution in [0.2, 0.25) is 0 Å². The molecule has 0 radical (unpaired) electrons. The maximum atomic E-state index is 12.0. The van der Waals surface area contributed by atoms with Crippen molar-refractivity contribution >= 4 is 29.3 Å². The van der Waals surface area contributed by atoms with Crippen LogP contribution in [-0.4, -0.2) is 36.7 Å². The molecule has 2 aromatic carbocycles. The van der Waals surface area contributed by atoms with Gasteiger partial charge >= 0.3 is 12.0 Å². The molecule has 164 valence electrons. The van der Waals surface area contributed by atoms with Crippen LogP contribution in [0.15, 0.2) is 54.6 Å². The van der Waals surface area contributed by atoms with E-state index in [-0.39, 0.29) is 12.6 Å². The molecule has 0 spiro atoms. The zero-order valence-electron chi connectivity index (χ0n) is 17.4. The molecule has 1 aliphatic carbocycles. The first-order valence-corrected chi connectivity index (χ1v) is 10.4. The van der Waals surface area contributed by atoms with Crippen molar-refractivity contribution in [1.29, 1.82) is 0 Å². The summed E-state index contributed by atoms with van der Waals surface area (Å²) in [7, 11) is 0. The zero-order valence-corrected chi connectivity index (χ0v) is 17.4. The van der Waals surface area contributed by atoms with Crippen LogP contribution in [0.4, 0.5) is 16.2 Å². The third-order valence-corrected chi connectivity index (χ3v) is 4.88. The summed E-state index contributed by atoms with van der Waals surface area (Å²) in [6.07, 6.45) is 2.85. The molecule has 1 aliphatic rings. The van der Waals surface area contributed by atoms with Gasteiger partial charge in [-0.1, -0.05) is 31.0 Å². The molecule has 8 nitrogen and oxygen atoms in total. The lowest BCUT2D eigenvalue weighted by Gasteiger charge is -2.15. The predicted molar refractivity (Wildman–Crippen MR) is 116 cm³/mol. The van der Waals surface area contributed by atoms with E-state index in [0.29, 0.717) is 5.75 Å². The number of esters is 1. The van der Waals surface area contributed by atoms with Gasteiger partial charge in [0.1, 0.15) is 5.75 Å². The van der Waals surface area contributed by atoms with Crippen molar-refractivity contribution in [3.63, 3.8) is 0 Å².